The third kappa shape index (κ3) is 3.16. The maximum atomic E-state index is 2.18. The molecule has 3 aromatic carbocycles. The summed E-state index contributed by atoms with van der Waals surface area (Å²) in [6.45, 7) is 0. The Balaban J connectivity index is 0.000001000. The second-order valence-electron chi connectivity index (χ2n) is 4.28. The summed E-state index contributed by atoms with van der Waals surface area (Å²) >= 11 is 0. The van der Waals surface area contributed by atoms with Gasteiger partial charge in [0.2, 0.25) is 0 Å². The predicted molar refractivity (Wildman–Crippen MR) is 78.4 cm³/mol. The fourth-order valence-corrected chi connectivity index (χ4v) is 2.22. The number of hydrogen-bond donors (Lipinski definition) is 0. The van der Waals surface area contributed by atoms with E-state index in [1.165, 1.54) is 22.3 Å². The van der Waals surface area contributed by atoms with Crippen LogP contribution in [-0.4, -0.2) is 0 Å². The van der Waals surface area contributed by atoms with Gasteiger partial charge in [0.15, 0.2) is 0 Å². The quantitative estimate of drug-likeness (QED) is 0.615. The predicted octanol–water partition coefficient (Wildman–Crippen LogP) is 2.14. The smallest absolute Gasteiger partial charge is 1.00 e. The molecular weight excluding hydrogens is 239 g/mol. The zero-order valence-electron chi connectivity index (χ0n) is 12.1. The minimum atomic E-state index is 0. The van der Waals surface area contributed by atoms with Crippen LogP contribution in [0.2, 0.25) is 0 Å². The first-order chi connectivity index (χ1) is 8.95. The van der Waals surface area contributed by atoms with Gasteiger partial charge < -0.3 is 1.43 Å². The molecule has 3 rings (SSSR count). The minimum Gasteiger partial charge on any atom is -1.00 e. The van der Waals surface area contributed by atoms with Gasteiger partial charge in [-0.1, -0.05) is 84.9 Å². The Labute approximate surface area is 137 Å². The molecule has 0 radical (unpaired) electrons. The summed E-state index contributed by atoms with van der Waals surface area (Å²) < 4.78 is 0. The van der Waals surface area contributed by atoms with E-state index in [0.717, 1.165) is 0 Å². The molecule has 0 saturated carbocycles. The number of rotatable bonds is 2. The largest absolute Gasteiger partial charge is 1.00 e. The van der Waals surface area contributed by atoms with E-state index in [1.807, 2.05) is 0 Å². The zero-order valence-corrected chi connectivity index (χ0v) is 13.1. The van der Waals surface area contributed by atoms with Gasteiger partial charge in [0.1, 0.15) is 0 Å². The molecule has 0 N–H and O–H groups in total. The van der Waals surface area contributed by atoms with Gasteiger partial charge in [0.05, 0.1) is 0 Å². The van der Waals surface area contributed by atoms with Crippen molar-refractivity contribution in [3.8, 4) is 22.3 Å². The molecule has 88 valence electrons. The molecule has 0 aromatic heterocycles. The van der Waals surface area contributed by atoms with Gasteiger partial charge in [-0.15, -0.1) is 0 Å². The monoisotopic (exact) mass is 254 g/mol. The molecule has 19 heavy (non-hydrogen) atoms. The Bertz CT molecular complexity index is 577. The third-order valence-electron chi connectivity index (χ3n) is 3.10. The summed E-state index contributed by atoms with van der Waals surface area (Å²) in [6.07, 6.45) is 0. The second-order valence-corrected chi connectivity index (χ2v) is 4.28. The minimum absolute atomic E-state index is 0. The van der Waals surface area contributed by atoms with E-state index >= 15 is 0 Å². The van der Waals surface area contributed by atoms with E-state index in [1.54, 1.807) is 0 Å². The molecule has 0 bridgehead atoms. The Morgan fingerprint density at radius 2 is 0.737 bits per heavy atom. The molecule has 0 nitrogen and oxygen atoms in total. The van der Waals surface area contributed by atoms with E-state index in [2.05, 4.69) is 84.9 Å². The third-order valence-corrected chi connectivity index (χ3v) is 3.10. The van der Waals surface area contributed by atoms with Crippen molar-refractivity contribution in [3.05, 3.63) is 84.9 Å². The van der Waals surface area contributed by atoms with Crippen LogP contribution < -0.4 is 29.6 Å². The van der Waals surface area contributed by atoms with Gasteiger partial charge in [0.25, 0.3) is 0 Å². The molecule has 0 spiro atoms. The van der Waals surface area contributed by atoms with Crippen LogP contribution in [0.5, 0.6) is 0 Å². The molecular formula is C18H15Na. The summed E-state index contributed by atoms with van der Waals surface area (Å²) in [5.74, 6) is 0. The Kier molecular flexibility index (Phi) is 4.98. The van der Waals surface area contributed by atoms with Crippen LogP contribution in [0.4, 0.5) is 0 Å². The molecule has 0 heterocycles. The van der Waals surface area contributed by atoms with Crippen molar-refractivity contribution in [2.45, 2.75) is 0 Å². The van der Waals surface area contributed by atoms with Gasteiger partial charge >= 0.3 is 29.6 Å². The molecule has 0 aliphatic carbocycles. The van der Waals surface area contributed by atoms with E-state index in [-0.39, 0.29) is 31.0 Å². The van der Waals surface area contributed by atoms with E-state index in [9.17, 15) is 0 Å². The average molecular weight is 254 g/mol. The number of hydrogen-bond acceptors (Lipinski definition) is 0. The number of benzene rings is 3. The second kappa shape index (κ2) is 6.72. The van der Waals surface area contributed by atoms with Gasteiger partial charge in [-0.2, -0.15) is 0 Å². The Morgan fingerprint density at radius 1 is 0.421 bits per heavy atom. The SMILES string of the molecule is [H-].[Na+].c1ccc(-c2ccccc2-c2ccccc2)cc1. The van der Waals surface area contributed by atoms with Crippen molar-refractivity contribution in [1.82, 2.24) is 0 Å². The van der Waals surface area contributed by atoms with Crippen LogP contribution in [0.15, 0.2) is 84.9 Å². The van der Waals surface area contributed by atoms with Crippen molar-refractivity contribution in [2.24, 2.45) is 0 Å². The first-order valence-corrected chi connectivity index (χ1v) is 6.15. The van der Waals surface area contributed by atoms with Crippen LogP contribution in [0, 0.1) is 0 Å². The molecule has 0 amide bonds. The summed E-state index contributed by atoms with van der Waals surface area (Å²) in [4.78, 5) is 0. The van der Waals surface area contributed by atoms with E-state index in [4.69, 9.17) is 0 Å². The fourth-order valence-electron chi connectivity index (χ4n) is 2.22. The van der Waals surface area contributed by atoms with Crippen LogP contribution >= 0.6 is 0 Å². The first kappa shape index (κ1) is 14.1. The molecule has 0 fully saturated rings. The maximum absolute atomic E-state index is 2.18. The summed E-state index contributed by atoms with van der Waals surface area (Å²) in [7, 11) is 0. The molecule has 0 aliphatic heterocycles. The van der Waals surface area contributed by atoms with Gasteiger partial charge in [-0.3, -0.25) is 0 Å². The Morgan fingerprint density at radius 3 is 1.11 bits per heavy atom. The van der Waals surface area contributed by atoms with E-state index in [0.29, 0.717) is 0 Å². The fraction of sp³-hybridized carbons (Fsp3) is 0. The van der Waals surface area contributed by atoms with Crippen LogP contribution in [0.1, 0.15) is 1.43 Å². The summed E-state index contributed by atoms with van der Waals surface area (Å²) in [5.41, 5.74) is 5.09. The van der Waals surface area contributed by atoms with Gasteiger partial charge in [-0.05, 0) is 22.3 Å². The normalized spacial score (nSPS) is 9.68. The van der Waals surface area contributed by atoms with Crippen molar-refractivity contribution in [2.75, 3.05) is 0 Å². The standard InChI is InChI=1S/C18H14.Na.H/c1-3-9-15(10-4-1)17-13-7-8-14-18(17)16-11-5-2-6-12-16;;/h1-14H;;/q;+1;-1. The van der Waals surface area contributed by atoms with Crippen LogP contribution in [-0.2, 0) is 0 Å². The Hall–Kier alpha value is -1.34. The van der Waals surface area contributed by atoms with Crippen molar-refractivity contribution < 1.29 is 31.0 Å². The van der Waals surface area contributed by atoms with Crippen molar-refractivity contribution >= 4 is 0 Å². The van der Waals surface area contributed by atoms with Crippen molar-refractivity contribution in [1.29, 1.82) is 0 Å². The van der Waals surface area contributed by atoms with Gasteiger partial charge in [-0.25, -0.2) is 0 Å². The van der Waals surface area contributed by atoms with Crippen molar-refractivity contribution in [3.63, 3.8) is 0 Å². The molecule has 0 unspecified atom stereocenters. The van der Waals surface area contributed by atoms with Crippen LogP contribution in [0.25, 0.3) is 22.3 Å². The maximum Gasteiger partial charge on any atom is 1.00 e. The average Bonchev–Trinajstić information content (AvgIpc) is 2.49. The molecule has 0 saturated heterocycles. The molecule has 0 aliphatic rings. The summed E-state index contributed by atoms with van der Waals surface area (Å²) in [5, 5.41) is 0. The molecule has 0 atom stereocenters. The first-order valence-electron chi connectivity index (χ1n) is 6.15. The van der Waals surface area contributed by atoms with Gasteiger partial charge in [0, 0.05) is 0 Å². The van der Waals surface area contributed by atoms with E-state index < -0.39 is 0 Å². The zero-order chi connectivity index (χ0) is 12.2. The molecule has 3 aromatic rings. The summed E-state index contributed by atoms with van der Waals surface area (Å²) in [6, 6.07) is 29.6. The molecule has 1 heteroatoms. The topological polar surface area (TPSA) is 0 Å². The van der Waals surface area contributed by atoms with Crippen LogP contribution in [0.3, 0.4) is 0 Å².